The topological polar surface area (TPSA) is 38.3 Å². The van der Waals surface area contributed by atoms with Crippen molar-refractivity contribution < 1.29 is 9.53 Å². The van der Waals surface area contributed by atoms with Crippen molar-refractivity contribution in [1.82, 2.24) is 5.32 Å². The second kappa shape index (κ2) is 7.71. The van der Waals surface area contributed by atoms with Crippen molar-refractivity contribution in [3.8, 4) is 0 Å². The van der Waals surface area contributed by atoms with Crippen molar-refractivity contribution in [3.05, 3.63) is 36.0 Å². The van der Waals surface area contributed by atoms with Crippen LogP contribution in [0.1, 0.15) is 34.6 Å². The molecule has 0 saturated heterocycles. The van der Waals surface area contributed by atoms with Gasteiger partial charge in [0.2, 0.25) is 0 Å². The van der Waals surface area contributed by atoms with Gasteiger partial charge < -0.3 is 10.1 Å². The second-order valence-electron chi connectivity index (χ2n) is 4.94. The van der Waals surface area contributed by atoms with Crippen LogP contribution in [0.4, 0.5) is 4.79 Å². The first-order chi connectivity index (χ1) is 7.81. The van der Waals surface area contributed by atoms with Gasteiger partial charge in [-0.25, -0.2) is 4.79 Å². The lowest BCUT2D eigenvalue weighted by Crippen LogP contribution is -2.32. The molecule has 0 fully saturated rings. The summed E-state index contributed by atoms with van der Waals surface area (Å²) in [6, 6.07) is 0. The van der Waals surface area contributed by atoms with E-state index in [-0.39, 0.29) is 0 Å². The number of allylic oxidation sites excluding steroid dienone is 5. The van der Waals surface area contributed by atoms with E-state index in [2.05, 4.69) is 5.32 Å². The summed E-state index contributed by atoms with van der Waals surface area (Å²) in [5.74, 6) is 0. The Bertz CT molecular complexity index is 316. The molecule has 3 heteroatoms. The van der Waals surface area contributed by atoms with Gasteiger partial charge in [0.15, 0.2) is 0 Å². The summed E-state index contributed by atoms with van der Waals surface area (Å²) >= 11 is 0. The fourth-order valence-electron chi connectivity index (χ4n) is 0.915. The summed E-state index contributed by atoms with van der Waals surface area (Å²) < 4.78 is 5.09. The van der Waals surface area contributed by atoms with Gasteiger partial charge in [0.1, 0.15) is 5.60 Å². The zero-order valence-corrected chi connectivity index (χ0v) is 11.4. The highest BCUT2D eigenvalue weighted by atomic mass is 16.6. The van der Waals surface area contributed by atoms with Gasteiger partial charge in [-0.1, -0.05) is 36.0 Å². The first kappa shape index (κ1) is 15.5. The number of nitrogens with one attached hydrogen (secondary N) is 1. The maximum atomic E-state index is 11.2. The molecule has 0 atom stereocenters. The van der Waals surface area contributed by atoms with Gasteiger partial charge in [0.05, 0.1) is 0 Å². The van der Waals surface area contributed by atoms with Gasteiger partial charge in [0.25, 0.3) is 0 Å². The molecule has 0 heterocycles. The minimum absolute atomic E-state index is 0.393. The van der Waals surface area contributed by atoms with Crippen molar-refractivity contribution >= 4 is 6.09 Å². The maximum absolute atomic E-state index is 11.2. The van der Waals surface area contributed by atoms with Gasteiger partial charge in [-0.2, -0.15) is 0 Å². The van der Waals surface area contributed by atoms with Gasteiger partial charge in [-0.3, -0.25) is 0 Å². The molecule has 0 saturated carbocycles. The lowest BCUT2D eigenvalue weighted by atomic mass is 10.2. The average molecular weight is 237 g/mol. The van der Waals surface area contributed by atoms with E-state index in [1.54, 1.807) is 0 Å². The fourth-order valence-corrected chi connectivity index (χ4v) is 0.915. The van der Waals surface area contributed by atoms with Crippen LogP contribution < -0.4 is 5.32 Å². The Morgan fingerprint density at radius 3 is 2.35 bits per heavy atom. The molecule has 0 aromatic heterocycles. The van der Waals surface area contributed by atoms with E-state index in [0.29, 0.717) is 6.54 Å². The predicted octanol–water partition coefficient (Wildman–Crippen LogP) is 3.59. The molecule has 0 aromatic rings. The lowest BCUT2D eigenvalue weighted by molar-refractivity contribution is 0.0534. The summed E-state index contributed by atoms with van der Waals surface area (Å²) in [7, 11) is 0. The van der Waals surface area contributed by atoms with Crippen molar-refractivity contribution in [2.24, 2.45) is 0 Å². The summed E-state index contributed by atoms with van der Waals surface area (Å²) in [4.78, 5) is 11.2. The summed E-state index contributed by atoms with van der Waals surface area (Å²) in [5.41, 5.74) is 0.804. The lowest BCUT2D eigenvalue weighted by Gasteiger charge is -2.19. The summed E-state index contributed by atoms with van der Waals surface area (Å²) in [6.07, 6.45) is 9.25. The Balaban J connectivity index is 3.77. The summed E-state index contributed by atoms with van der Waals surface area (Å²) in [5, 5.41) is 2.64. The van der Waals surface area contributed by atoms with Crippen LogP contribution in [0, 0.1) is 0 Å². The normalized spacial score (nSPS) is 11.8. The van der Waals surface area contributed by atoms with E-state index in [0.717, 1.165) is 0 Å². The van der Waals surface area contributed by atoms with E-state index >= 15 is 0 Å². The number of amides is 1. The van der Waals surface area contributed by atoms with Crippen LogP contribution in [0.2, 0.25) is 0 Å². The van der Waals surface area contributed by atoms with Crippen LogP contribution in [-0.2, 0) is 4.74 Å². The van der Waals surface area contributed by atoms with Gasteiger partial charge in [0, 0.05) is 6.54 Å². The van der Waals surface area contributed by atoms with E-state index in [1.807, 2.05) is 65.0 Å². The molecule has 1 amide bonds. The molecule has 17 heavy (non-hydrogen) atoms. The Hall–Kier alpha value is -1.51. The third kappa shape index (κ3) is 12.4. The second-order valence-corrected chi connectivity index (χ2v) is 4.94. The van der Waals surface area contributed by atoms with E-state index < -0.39 is 11.7 Å². The number of alkyl carbamates (subject to hydrolysis) is 1. The highest BCUT2D eigenvalue weighted by Crippen LogP contribution is 2.05. The minimum Gasteiger partial charge on any atom is -0.444 e. The monoisotopic (exact) mass is 237 g/mol. The molecule has 0 unspecified atom stereocenters. The Labute approximate surface area is 104 Å². The number of ether oxygens (including phenoxy) is 1. The molecule has 0 aliphatic heterocycles. The molecular weight excluding hydrogens is 214 g/mol. The molecule has 0 spiro atoms. The quantitative estimate of drug-likeness (QED) is 0.759. The molecule has 0 aliphatic rings. The van der Waals surface area contributed by atoms with Gasteiger partial charge in [-0.15, -0.1) is 0 Å². The first-order valence-electron chi connectivity index (χ1n) is 5.75. The predicted molar refractivity (Wildman–Crippen MR) is 71.9 cm³/mol. The smallest absolute Gasteiger partial charge is 0.407 e. The summed E-state index contributed by atoms with van der Waals surface area (Å²) in [6.45, 7) is 10.1. The highest BCUT2D eigenvalue weighted by molar-refractivity contribution is 5.67. The Morgan fingerprint density at radius 2 is 1.82 bits per heavy atom. The number of carbonyl (C=O) groups excluding carboxylic acids is 1. The first-order valence-corrected chi connectivity index (χ1v) is 5.75. The number of hydrogen-bond donors (Lipinski definition) is 1. The molecule has 96 valence electrons. The Kier molecular flexibility index (Phi) is 7.03. The number of carbonyl (C=O) groups is 1. The third-order valence-electron chi connectivity index (χ3n) is 1.55. The molecule has 1 N–H and O–H groups in total. The molecule has 3 nitrogen and oxygen atoms in total. The fraction of sp³-hybridized carbons (Fsp3) is 0.500. The molecule has 0 radical (unpaired) electrons. The SMILES string of the molecule is CC(C)=C/C=C/C=C/CNC(=O)OC(C)(C)C. The van der Waals surface area contributed by atoms with Crippen LogP contribution in [0.15, 0.2) is 36.0 Å². The van der Waals surface area contributed by atoms with Crippen molar-refractivity contribution in [3.63, 3.8) is 0 Å². The van der Waals surface area contributed by atoms with Crippen LogP contribution in [-0.4, -0.2) is 18.2 Å². The molecule has 0 bridgehead atoms. The molecule has 0 aromatic carbocycles. The molecule has 0 aliphatic carbocycles. The highest BCUT2D eigenvalue weighted by Gasteiger charge is 2.14. The third-order valence-corrected chi connectivity index (χ3v) is 1.55. The van der Waals surface area contributed by atoms with E-state index in [1.165, 1.54) is 5.57 Å². The largest absolute Gasteiger partial charge is 0.444 e. The Morgan fingerprint density at radius 1 is 1.18 bits per heavy atom. The van der Waals surface area contributed by atoms with Crippen molar-refractivity contribution in [2.75, 3.05) is 6.54 Å². The van der Waals surface area contributed by atoms with Crippen LogP contribution in [0.3, 0.4) is 0 Å². The van der Waals surface area contributed by atoms with Crippen molar-refractivity contribution in [1.29, 1.82) is 0 Å². The molecule has 0 rings (SSSR count). The van der Waals surface area contributed by atoms with E-state index in [4.69, 9.17) is 4.74 Å². The van der Waals surface area contributed by atoms with E-state index in [9.17, 15) is 4.79 Å². The van der Waals surface area contributed by atoms with Crippen molar-refractivity contribution in [2.45, 2.75) is 40.2 Å². The standard InChI is InChI=1S/C14H23NO2/c1-12(2)10-8-6-7-9-11-15-13(16)17-14(3,4)5/h6-10H,11H2,1-5H3,(H,15,16)/b8-6+,9-7+. The zero-order chi connectivity index (χ0) is 13.3. The molecular formula is C14H23NO2. The number of rotatable bonds is 4. The minimum atomic E-state index is -0.447. The van der Waals surface area contributed by atoms with Gasteiger partial charge in [-0.05, 0) is 34.6 Å². The van der Waals surface area contributed by atoms with Gasteiger partial charge >= 0.3 is 6.09 Å². The van der Waals surface area contributed by atoms with Crippen LogP contribution in [0.25, 0.3) is 0 Å². The van der Waals surface area contributed by atoms with Crippen LogP contribution in [0.5, 0.6) is 0 Å². The maximum Gasteiger partial charge on any atom is 0.407 e. The zero-order valence-electron chi connectivity index (χ0n) is 11.4. The average Bonchev–Trinajstić information content (AvgIpc) is 2.12. The number of hydrogen-bond acceptors (Lipinski definition) is 2. The van der Waals surface area contributed by atoms with Crippen LogP contribution >= 0.6 is 0 Å².